The number of amides is 1. The maximum atomic E-state index is 12.5. The van der Waals surface area contributed by atoms with Crippen molar-refractivity contribution in [2.75, 3.05) is 5.32 Å². The van der Waals surface area contributed by atoms with E-state index < -0.39 is 0 Å². The zero-order chi connectivity index (χ0) is 17.1. The van der Waals surface area contributed by atoms with Gasteiger partial charge in [0, 0.05) is 29.8 Å². The van der Waals surface area contributed by atoms with Crippen molar-refractivity contribution in [3.8, 4) is 11.1 Å². The van der Waals surface area contributed by atoms with Gasteiger partial charge in [0.2, 0.25) is 0 Å². The Morgan fingerprint density at radius 2 is 1.83 bits per heavy atom. The first-order chi connectivity index (χ1) is 11.5. The van der Waals surface area contributed by atoms with Crippen LogP contribution in [-0.2, 0) is 0 Å². The third-order valence-electron chi connectivity index (χ3n) is 3.79. The Bertz CT molecular complexity index is 905. The van der Waals surface area contributed by atoms with Crippen LogP contribution in [0.25, 0.3) is 11.1 Å². The van der Waals surface area contributed by atoms with Crippen LogP contribution in [0, 0.1) is 20.8 Å². The largest absolute Gasteiger partial charge is 0.305 e. The highest BCUT2D eigenvalue weighted by Crippen LogP contribution is 2.26. The maximum absolute atomic E-state index is 12.5. The molecule has 3 heterocycles. The topological polar surface area (TPSA) is 67.8 Å². The van der Waals surface area contributed by atoms with Crippen LogP contribution in [0.15, 0.2) is 48.9 Å². The number of nitrogens with one attached hydrogen (secondary N) is 1. The zero-order valence-corrected chi connectivity index (χ0v) is 13.9. The number of hydrogen-bond donors (Lipinski definition) is 1. The van der Waals surface area contributed by atoms with Gasteiger partial charge in [0.15, 0.2) is 0 Å². The van der Waals surface area contributed by atoms with E-state index in [4.69, 9.17) is 0 Å². The second-order valence-electron chi connectivity index (χ2n) is 5.69. The molecule has 0 bridgehead atoms. The number of anilines is 1. The van der Waals surface area contributed by atoms with Gasteiger partial charge in [0.25, 0.3) is 5.91 Å². The molecule has 3 rings (SSSR count). The Labute approximate surface area is 140 Å². The van der Waals surface area contributed by atoms with Crippen molar-refractivity contribution >= 4 is 11.7 Å². The van der Waals surface area contributed by atoms with Crippen molar-refractivity contribution in [1.29, 1.82) is 0 Å². The maximum Gasteiger partial charge on any atom is 0.275 e. The van der Waals surface area contributed by atoms with Crippen LogP contribution >= 0.6 is 0 Å². The minimum absolute atomic E-state index is 0.282. The van der Waals surface area contributed by atoms with Gasteiger partial charge in [0.1, 0.15) is 11.5 Å². The fourth-order valence-corrected chi connectivity index (χ4v) is 2.48. The Kier molecular flexibility index (Phi) is 4.33. The lowest BCUT2D eigenvalue weighted by Gasteiger charge is -2.10. The number of hydrogen-bond acceptors (Lipinski definition) is 4. The third-order valence-corrected chi connectivity index (χ3v) is 3.79. The first-order valence-electron chi connectivity index (χ1n) is 7.67. The molecule has 24 heavy (non-hydrogen) atoms. The number of carbonyl (C=O) groups excluding carboxylic acids is 1. The van der Waals surface area contributed by atoms with E-state index in [0.717, 1.165) is 27.9 Å². The van der Waals surface area contributed by atoms with Gasteiger partial charge >= 0.3 is 0 Å². The summed E-state index contributed by atoms with van der Waals surface area (Å²) in [5.41, 5.74) is 5.25. The fourth-order valence-electron chi connectivity index (χ4n) is 2.48. The molecule has 0 atom stereocenters. The minimum atomic E-state index is -0.282. The summed E-state index contributed by atoms with van der Waals surface area (Å²) in [7, 11) is 0. The van der Waals surface area contributed by atoms with Crippen molar-refractivity contribution in [2.45, 2.75) is 20.8 Å². The number of aromatic nitrogens is 3. The van der Waals surface area contributed by atoms with E-state index in [1.54, 1.807) is 24.5 Å². The normalized spacial score (nSPS) is 10.5. The molecule has 0 aliphatic heterocycles. The lowest BCUT2D eigenvalue weighted by atomic mass is 9.99. The molecule has 0 saturated carbocycles. The SMILES string of the molecule is Cc1cccc(NC(=O)c2cc(-c3cnccc3C)c(C)cn2)n1. The molecule has 0 saturated heterocycles. The highest BCUT2D eigenvalue weighted by molar-refractivity contribution is 6.03. The Morgan fingerprint density at radius 1 is 1.00 bits per heavy atom. The Morgan fingerprint density at radius 3 is 2.58 bits per heavy atom. The number of aryl methyl sites for hydroxylation is 3. The molecular formula is C19H18N4O. The van der Waals surface area contributed by atoms with Gasteiger partial charge in [-0.05, 0) is 61.7 Å². The molecule has 120 valence electrons. The van der Waals surface area contributed by atoms with E-state index in [1.807, 2.05) is 45.2 Å². The minimum Gasteiger partial charge on any atom is -0.305 e. The highest BCUT2D eigenvalue weighted by Gasteiger charge is 2.13. The third kappa shape index (κ3) is 3.30. The molecule has 0 spiro atoms. The van der Waals surface area contributed by atoms with Crippen LogP contribution in [-0.4, -0.2) is 20.9 Å². The van der Waals surface area contributed by atoms with Gasteiger partial charge in [-0.3, -0.25) is 14.8 Å². The molecule has 3 aromatic heterocycles. The molecular weight excluding hydrogens is 300 g/mol. The van der Waals surface area contributed by atoms with Crippen LogP contribution in [0.2, 0.25) is 0 Å². The molecule has 1 N–H and O–H groups in total. The summed E-state index contributed by atoms with van der Waals surface area (Å²) in [4.78, 5) is 25.2. The van der Waals surface area contributed by atoms with Gasteiger partial charge in [0.05, 0.1) is 0 Å². The summed E-state index contributed by atoms with van der Waals surface area (Å²) in [6.45, 7) is 5.87. The van der Waals surface area contributed by atoms with Gasteiger partial charge in [-0.2, -0.15) is 0 Å². The van der Waals surface area contributed by atoms with Crippen molar-refractivity contribution in [1.82, 2.24) is 15.0 Å². The fraction of sp³-hybridized carbons (Fsp3) is 0.158. The van der Waals surface area contributed by atoms with E-state index in [0.29, 0.717) is 11.5 Å². The lowest BCUT2D eigenvalue weighted by molar-refractivity contribution is 0.102. The quantitative estimate of drug-likeness (QED) is 0.799. The molecule has 1 amide bonds. The summed E-state index contributed by atoms with van der Waals surface area (Å²) < 4.78 is 0. The summed E-state index contributed by atoms with van der Waals surface area (Å²) in [5.74, 6) is 0.234. The number of nitrogens with zero attached hydrogens (tertiary/aromatic N) is 3. The van der Waals surface area contributed by atoms with E-state index in [9.17, 15) is 4.79 Å². The molecule has 0 radical (unpaired) electrons. The molecule has 5 heteroatoms. The summed E-state index contributed by atoms with van der Waals surface area (Å²) in [6, 6.07) is 9.23. The summed E-state index contributed by atoms with van der Waals surface area (Å²) >= 11 is 0. The average Bonchev–Trinajstić information content (AvgIpc) is 2.56. The van der Waals surface area contributed by atoms with Gasteiger partial charge in [-0.15, -0.1) is 0 Å². The van der Waals surface area contributed by atoms with E-state index in [1.165, 1.54) is 0 Å². The van der Waals surface area contributed by atoms with Gasteiger partial charge in [-0.1, -0.05) is 6.07 Å². The Balaban J connectivity index is 1.94. The standard InChI is InChI=1S/C19H18N4O/c1-12-7-8-20-11-16(12)15-9-17(21-10-13(15)2)19(24)23-18-6-4-5-14(3)22-18/h4-11H,1-3H3,(H,22,23,24). The monoisotopic (exact) mass is 318 g/mol. The zero-order valence-electron chi connectivity index (χ0n) is 13.9. The van der Waals surface area contributed by atoms with Crippen LogP contribution in [0.1, 0.15) is 27.3 Å². The first kappa shape index (κ1) is 15.8. The molecule has 0 aliphatic carbocycles. The number of carbonyl (C=O) groups is 1. The number of rotatable bonds is 3. The lowest BCUT2D eigenvalue weighted by Crippen LogP contribution is -2.15. The summed E-state index contributed by atoms with van der Waals surface area (Å²) in [5, 5.41) is 2.78. The van der Waals surface area contributed by atoms with Gasteiger partial charge < -0.3 is 5.32 Å². The molecule has 0 aliphatic rings. The molecule has 0 unspecified atom stereocenters. The molecule has 5 nitrogen and oxygen atoms in total. The molecule has 3 aromatic rings. The van der Waals surface area contributed by atoms with Crippen LogP contribution in [0.4, 0.5) is 5.82 Å². The predicted octanol–water partition coefficient (Wildman–Crippen LogP) is 3.72. The van der Waals surface area contributed by atoms with E-state index in [-0.39, 0.29) is 5.91 Å². The van der Waals surface area contributed by atoms with Crippen molar-refractivity contribution in [3.63, 3.8) is 0 Å². The Hall–Kier alpha value is -3.08. The first-order valence-corrected chi connectivity index (χ1v) is 7.67. The summed E-state index contributed by atoms with van der Waals surface area (Å²) in [6.07, 6.45) is 5.27. The predicted molar refractivity (Wildman–Crippen MR) is 93.9 cm³/mol. The van der Waals surface area contributed by atoms with Crippen molar-refractivity contribution in [2.24, 2.45) is 0 Å². The van der Waals surface area contributed by atoms with Crippen LogP contribution in [0.5, 0.6) is 0 Å². The van der Waals surface area contributed by atoms with Crippen LogP contribution < -0.4 is 5.32 Å². The molecule has 0 fully saturated rings. The smallest absolute Gasteiger partial charge is 0.275 e. The molecule has 0 aromatic carbocycles. The average molecular weight is 318 g/mol. The second kappa shape index (κ2) is 6.58. The van der Waals surface area contributed by atoms with Crippen molar-refractivity contribution < 1.29 is 4.79 Å². The van der Waals surface area contributed by atoms with Crippen molar-refractivity contribution in [3.05, 3.63) is 71.4 Å². The van der Waals surface area contributed by atoms with Gasteiger partial charge in [-0.25, -0.2) is 4.98 Å². The van der Waals surface area contributed by atoms with E-state index >= 15 is 0 Å². The van der Waals surface area contributed by atoms with Crippen LogP contribution in [0.3, 0.4) is 0 Å². The van der Waals surface area contributed by atoms with E-state index in [2.05, 4.69) is 20.3 Å². The number of pyridine rings is 3. The second-order valence-corrected chi connectivity index (χ2v) is 5.69. The highest BCUT2D eigenvalue weighted by atomic mass is 16.1.